The second kappa shape index (κ2) is 9.27. The van der Waals surface area contributed by atoms with Crippen LogP contribution in [0.15, 0.2) is 79.3 Å². The van der Waals surface area contributed by atoms with E-state index in [2.05, 4.69) is 75.0 Å². The number of ether oxygens (including phenoxy) is 1. The Hall–Kier alpha value is -3.71. The van der Waals surface area contributed by atoms with Crippen LogP contribution in [0.4, 0.5) is 5.69 Å². The Balaban J connectivity index is 1.61. The summed E-state index contributed by atoms with van der Waals surface area (Å²) in [5.74, 6) is 0.815. The minimum Gasteiger partial charge on any atom is -0.497 e. The third kappa shape index (κ3) is 4.03. The molecule has 0 spiro atoms. The van der Waals surface area contributed by atoms with Crippen molar-refractivity contribution in [3.05, 3.63) is 107 Å². The molecule has 4 heterocycles. The average molecular weight is 470 g/mol. The maximum atomic E-state index is 5.87. The van der Waals surface area contributed by atoms with Crippen molar-refractivity contribution in [3.63, 3.8) is 0 Å². The molecule has 6 nitrogen and oxygen atoms in total. The van der Waals surface area contributed by atoms with Crippen LogP contribution in [0.2, 0.25) is 0 Å². The molecule has 0 aliphatic carbocycles. The standard InChI is InChI=1S/C27H27N5OS/c1-18-16-23(19(2)31(18)17-20-11-14-28-15-12-20)26-25(24-6-4-5-13-29-24)30-27(34)32(26)21-7-9-22(33-3)10-8-21/h4-16,25-26H,17H2,1-3H3,(H,30,34). The van der Waals surface area contributed by atoms with Gasteiger partial charge in [-0.2, -0.15) is 0 Å². The molecule has 0 radical (unpaired) electrons. The first-order chi connectivity index (χ1) is 16.6. The quantitative estimate of drug-likeness (QED) is 0.395. The van der Waals surface area contributed by atoms with E-state index in [1.54, 1.807) is 7.11 Å². The van der Waals surface area contributed by atoms with Gasteiger partial charge in [-0.15, -0.1) is 0 Å². The number of nitrogens with zero attached hydrogens (tertiary/aromatic N) is 4. The molecule has 5 rings (SSSR count). The first kappa shape index (κ1) is 22.1. The Morgan fingerprint density at radius 3 is 2.44 bits per heavy atom. The van der Waals surface area contributed by atoms with E-state index in [0.29, 0.717) is 5.11 Å². The van der Waals surface area contributed by atoms with Crippen LogP contribution >= 0.6 is 12.2 Å². The number of nitrogens with one attached hydrogen (secondary N) is 1. The Kier molecular flexibility index (Phi) is 6.02. The molecule has 0 bridgehead atoms. The number of pyridine rings is 2. The molecule has 1 fully saturated rings. The molecule has 0 saturated carbocycles. The van der Waals surface area contributed by atoms with Gasteiger partial charge in [-0.1, -0.05) is 6.07 Å². The first-order valence-electron chi connectivity index (χ1n) is 11.3. The van der Waals surface area contributed by atoms with Crippen molar-refractivity contribution in [2.24, 2.45) is 0 Å². The van der Waals surface area contributed by atoms with Crippen LogP contribution in [0.5, 0.6) is 5.75 Å². The lowest BCUT2D eigenvalue weighted by molar-refractivity contribution is 0.415. The lowest BCUT2D eigenvalue weighted by Gasteiger charge is -2.28. The third-order valence-electron chi connectivity index (χ3n) is 6.47. The predicted octanol–water partition coefficient (Wildman–Crippen LogP) is 5.13. The number of thiocarbonyl (C=S) groups is 1. The highest BCUT2D eigenvalue weighted by Gasteiger charge is 2.42. The van der Waals surface area contributed by atoms with Crippen LogP contribution in [-0.2, 0) is 6.54 Å². The highest BCUT2D eigenvalue weighted by atomic mass is 32.1. The van der Waals surface area contributed by atoms with E-state index in [4.69, 9.17) is 17.0 Å². The van der Waals surface area contributed by atoms with Crippen LogP contribution in [0.25, 0.3) is 0 Å². The van der Waals surface area contributed by atoms with Crippen LogP contribution in [0.1, 0.15) is 40.3 Å². The van der Waals surface area contributed by atoms with Crippen molar-refractivity contribution in [3.8, 4) is 5.75 Å². The zero-order valence-electron chi connectivity index (χ0n) is 19.5. The second-order valence-corrected chi connectivity index (χ2v) is 8.85. The third-order valence-corrected chi connectivity index (χ3v) is 6.78. The maximum absolute atomic E-state index is 5.87. The van der Waals surface area contributed by atoms with Crippen molar-refractivity contribution in [2.75, 3.05) is 12.0 Å². The van der Waals surface area contributed by atoms with Crippen molar-refractivity contribution in [2.45, 2.75) is 32.5 Å². The largest absolute Gasteiger partial charge is 0.497 e. The van der Waals surface area contributed by atoms with E-state index >= 15 is 0 Å². The molecule has 1 aliphatic heterocycles. The van der Waals surface area contributed by atoms with Gasteiger partial charge < -0.3 is 19.5 Å². The molecule has 1 aromatic carbocycles. The molecule has 2 unspecified atom stereocenters. The van der Waals surface area contributed by atoms with E-state index in [9.17, 15) is 0 Å². The predicted molar refractivity (Wildman–Crippen MR) is 138 cm³/mol. The van der Waals surface area contributed by atoms with Gasteiger partial charge in [-0.3, -0.25) is 9.97 Å². The zero-order chi connectivity index (χ0) is 23.7. The van der Waals surface area contributed by atoms with Crippen molar-refractivity contribution in [1.29, 1.82) is 0 Å². The van der Waals surface area contributed by atoms with Gasteiger partial charge >= 0.3 is 0 Å². The number of anilines is 1. The van der Waals surface area contributed by atoms with Gasteiger partial charge in [0.25, 0.3) is 0 Å². The molecule has 1 N–H and O–H groups in total. The Bertz CT molecular complexity index is 1290. The number of benzene rings is 1. The lowest BCUT2D eigenvalue weighted by Crippen LogP contribution is -2.29. The van der Waals surface area contributed by atoms with E-state index in [0.717, 1.165) is 23.7 Å². The molecule has 1 saturated heterocycles. The first-order valence-corrected chi connectivity index (χ1v) is 11.7. The summed E-state index contributed by atoms with van der Waals surface area (Å²) in [4.78, 5) is 11.0. The van der Waals surface area contributed by atoms with E-state index < -0.39 is 0 Å². The Morgan fingerprint density at radius 1 is 1.00 bits per heavy atom. The second-order valence-electron chi connectivity index (χ2n) is 8.46. The van der Waals surface area contributed by atoms with Gasteiger partial charge in [0.15, 0.2) is 5.11 Å². The molecule has 1 aliphatic rings. The fourth-order valence-corrected chi connectivity index (χ4v) is 5.08. The summed E-state index contributed by atoms with van der Waals surface area (Å²) >= 11 is 5.87. The number of hydrogen-bond acceptors (Lipinski definition) is 4. The van der Waals surface area contributed by atoms with Gasteiger partial charge in [0.2, 0.25) is 0 Å². The summed E-state index contributed by atoms with van der Waals surface area (Å²) in [6.45, 7) is 5.14. The molecule has 0 amide bonds. The van der Waals surface area contributed by atoms with Crippen molar-refractivity contribution < 1.29 is 4.74 Å². The summed E-state index contributed by atoms with van der Waals surface area (Å²) in [5, 5.41) is 4.23. The molecule has 34 heavy (non-hydrogen) atoms. The van der Waals surface area contributed by atoms with Gasteiger partial charge in [0.1, 0.15) is 5.75 Å². The molecular formula is C27H27N5OS. The Morgan fingerprint density at radius 2 is 1.76 bits per heavy atom. The van der Waals surface area contributed by atoms with Gasteiger partial charge in [0, 0.05) is 42.2 Å². The average Bonchev–Trinajstić information content (AvgIpc) is 3.36. The molecule has 4 aromatic rings. The smallest absolute Gasteiger partial charge is 0.174 e. The van der Waals surface area contributed by atoms with Crippen LogP contribution < -0.4 is 15.0 Å². The number of aromatic nitrogens is 3. The molecule has 2 atom stereocenters. The normalized spacial score (nSPS) is 17.6. The van der Waals surface area contributed by atoms with Crippen LogP contribution in [0.3, 0.4) is 0 Å². The fraction of sp³-hybridized carbons (Fsp3) is 0.222. The van der Waals surface area contributed by atoms with E-state index in [1.807, 2.05) is 42.9 Å². The number of methoxy groups -OCH3 is 1. The van der Waals surface area contributed by atoms with Gasteiger partial charge in [0.05, 0.1) is 24.9 Å². The van der Waals surface area contributed by atoms with Crippen LogP contribution in [0, 0.1) is 13.8 Å². The van der Waals surface area contributed by atoms with Gasteiger partial charge in [-0.25, -0.2) is 0 Å². The Labute approximate surface area is 205 Å². The summed E-state index contributed by atoms with van der Waals surface area (Å²) < 4.78 is 7.73. The van der Waals surface area contributed by atoms with Crippen LogP contribution in [-0.4, -0.2) is 26.8 Å². The number of rotatable bonds is 6. The SMILES string of the molecule is COc1ccc(N2C(=S)NC(c3ccccn3)C2c2cc(C)n(Cc3ccncc3)c2C)cc1. The van der Waals surface area contributed by atoms with E-state index in [-0.39, 0.29) is 12.1 Å². The lowest BCUT2D eigenvalue weighted by atomic mass is 9.96. The minimum absolute atomic E-state index is 0.0480. The molecule has 172 valence electrons. The van der Waals surface area contributed by atoms with Gasteiger partial charge in [-0.05, 0) is 91.8 Å². The zero-order valence-corrected chi connectivity index (χ0v) is 20.3. The monoisotopic (exact) mass is 469 g/mol. The molecule has 3 aromatic heterocycles. The summed E-state index contributed by atoms with van der Waals surface area (Å²) in [6, 6.07) is 20.3. The summed E-state index contributed by atoms with van der Waals surface area (Å²) in [5.41, 5.74) is 6.84. The highest BCUT2D eigenvalue weighted by molar-refractivity contribution is 7.80. The van der Waals surface area contributed by atoms with E-state index in [1.165, 1.54) is 22.5 Å². The fourth-order valence-electron chi connectivity index (χ4n) is 4.73. The molecule has 7 heteroatoms. The minimum atomic E-state index is -0.0781. The summed E-state index contributed by atoms with van der Waals surface area (Å²) in [7, 11) is 1.68. The topological polar surface area (TPSA) is 55.2 Å². The molecular weight excluding hydrogens is 442 g/mol. The highest BCUT2D eigenvalue weighted by Crippen LogP contribution is 2.43. The number of aryl methyl sites for hydroxylation is 1. The number of hydrogen-bond donors (Lipinski definition) is 1. The summed E-state index contributed by atoms with van der Waals surface area (Å²) in [6.07, 6.45) is 5.51. The van der Waals surface area contributed by atoms with Crippen molar-refractivity contribution in [1.82, 2.24) is 19.9 Å². The van der Waals surface area contributed by atoms with Crippen molar-refractivity contribution >= 4 is 23.0 Å². The maximum Gasteiger partial charge on any atom is 0.174 e.